The molecule has 0 fully saturated rings. The van der Waals surface area contributed by atoms with Gasteiger partial charge < -0.3 is 5.32 Å². The third-order valence-corrected chi connectivity index (χ3v) is 2.57. The van der Waals surface area contributed by atoms with E-state index in [0.29, 0.717) is 0 Å². The summed E-state index contributed by atoms with van der Waals surface area (Å²) in [5.41, 5.74) is -0.694. The number of nitro groups is 1. The van der Waals surface area contributed by atoms with E-state index < -0.39 is 16.5 Å². The largest absolute Gasteiger partial charge is 0.305 e. The zero-order valence-electron chi connectivity index (χ0n) is 9.58. The van der Waals surface area contributed by atoms with Gasteiger partial charge in [-0.1, -0.05) is 23.2 Å². The van der Waals surface area contributed by atoms with Crippen LogP contribution in [0.2, 0.25) is 10.3 Å². The first-order valence-electron chi connectivity index (χ1n) is 5.08. The van der Waals surface area contributed by atoms with Crippen molar-refractivity contribution in [3.8, 4) is 0 Å². The molecule has 10 heteroatoms. The third-order valence-electron chi connectivity index (χ3n) is 2.16. The van der Waals surface area contributed by atoms with E-state index in [0.717, 1.165) is 12.3 Å². The zero-order chi connectivity index (χ0) is 14.7. The van der Waals surface area contributed by atoms with Gasteiger partial charge in [0, 0.05) is 0 Å². The Labute approximate surface area is 121 Å². The molecule has 1 N–H and O–H groups in total. The van der Waals surface area contributed by atoms with Gasteiger partial charge in [-0.25, -0.2) is 4.98 Å². The minimum atomic E-state index is -0.752. The van der Waals surface area contributed by atoms with Gasteiger partial charge >= 0.3 is 0 Å². The maximum Gasteiger partial charge on any atom is 0.300 e. The third kappa shape index (κ3) is 3.16. The highest BCUT2D eigenvalue weighted by molar-refractivity contribution is 6.30. The number of carbonyl (C=O) groups excluding carboxylic acids is 1. The highest BCUT2D eigenvalue weighted by Crippen LogP contribution is 2.21. The summed E-state index contributed by atoms with van der Waals surface area (Å²) in [5.74, 6) is -0.653. The van der Waals surface area contributed by atoms with Gasteiger partial charge in [-0.05, 0) is 18.2 Å². The fourth-order valence-electron chi connectivity index (χ4n) is 1.32. The van der Waals surface area contributed by atoms with E-state index in [1.54, 1.807) is 0 Å². The molecule has 2 rings (SSSR count). The van der Waals surface area contributed by atoms with E-state index in [4.69, 9.17) is 23.2 Å². The smallest absolute Gasteiger partial charge is 0.300 e. The minimum Gasteiger partial charge on any atom is -0.305 e. The molecule has 0 saturated carbocycles. The summed E-state index contributed by atoms with van der Waals surface area (Å²) in [7, 11) is 0. The molecule has 0 aliphatic carbocycles. The zero-order valence-corrected chi connectivity index (χ0v) is 11.1. The summed E-state index contributed by atoms with van der Waals surface area (Å²) in [6, 6.07) is 3.92. The predicted molar refractivity (Wildman–Crippen MR) is 70.9 cm³/mol. The Morgan fingerprint density at radius 2 is 2.00 bits per heavy atom. The van der Waals surface area contributed by atoms with Crippen molar-refractivity contribution in [2.45, 2.75) is 0 Å². The molecule has 0 spiro atoms. The number of nitrogens with zero attached hydrogens (tertiary/aromatic N) is 4. The van der Waals surface area contributed by atoms with E-state index >= 15 is 0 Å². The minimum absolute atomic E-state index is 0.0389. The number of aromatic nitrogens is 3. The summed E-state index contributed by atoms with van der Waals surface area (Å²) < 4.78 is 0. The van der Waals surface area contributed by atoms with Crippen molar-refractivity contribution >= 4 is 40.6 Å². The van der Waals surface area contributed by atoms with E-state index in [2.05, 4.69) is 20.5 Å². The van der Waals surface area contributed by atoms with Crippen molar-refractivity contribution in [1.29, 1.82) is 0 Å². The fourth-order valence-corrected chi connectivity index (χ4v) is 1.58. The number of hydrogen-bond donors (Lipinski definition) is 1. The summed E-state index contributed by atoms with van der Waals surface area (Å²) in [4.78, 5) is 25.6. The molecule has 0 bridgehead atoms. The van der Waals surface area contributed by atoms with Crippen LogP contribution in [0.1, 0.15) is 10.4 Å². The first kappa shape index (κ1) is 14.1. The Bertz CT molecular complexity index is 677. The van der Waals surface area contributed by atoms with E-state index in [1.807, 2.05) is 0 Å². The Morgan fingerprint density at radius 3 is 2.60 bits per heavy atom. The van der Waals surface area contributed by atoms with Crippen molar-refractivity contribution in [2.24, 2.45) is 0 Å². The Morgan fingerprint density at radius 1 is 1.25 bits per heavy atom. The first-order valence-corrected chi connectivity index (χ1v) is 5.83. The fraction of sp³-hybridized carbons (Fsp3) is 0. The van der Waals surface area contributed by atoms with Crippen LogP contribution in [0.15, 0.2) is 24.4 Å². The lowest BCUT2D eigenvalue weighted by atomic mass is 10.2. The van der Waals surface area contributed by atoms with Crippen LogP contribution in [0, 0.1) is 10.1 Å². The van der Waals surface area contributed by atoms with Crippen molar-refractivity contribution < 1.29 is 9.72 Å². The van der Waals surface area contributed by atoms with Gasteiger partial charge in [-0.15, -0.1) is 10.2 Å². The highest BCUT2D eigenvalue weighted by atomic mass is 35.5. The van der Waals surface area contributed by atoms with Crippen LogP contribution in [0.3, 0.4) is 0 Å². The van der Waals surface area contributed by atoms with Crippen molar-refractivity contribution in [1.82, 2.24) is 15.2 Å². The molecule has 0 aliphatic heterocycles. The van der Waals surface area contributed by atoms with Gasteiger partial charge in [0.05, 0.1) is 4.92 Å². The van der Waals surface area contributed by atoms with E-state index in [-0.39, 0.29) is 21.7 Å². The van der Waals surface area contributed by atoms with Crippen LogP contribution >= 0.6 is 23.2 Å². The molecule has 2 heterocycles. The van der Waals surface area contributed by atoms with Gasteiger partial charge in [-0.3, -0.25) is 14.9 Å². The molecule has 1 amide bonds. The highest BCUT2D eigenvalue weighted by Gasteiger charge is 2.21. The molecule has 0 unspecified atom stereocenters. The number of anilines is 1. The molecule has 0 radical (unpaired) electrons. The number of halogens is 2. The molecule has 8 nitrogen and oxygen atoms in total. The Hall–Kier alpha value is -2.32. The molecule has 2 aromatic heterocycles. The first-order chi connectivity index (χ1) is 9.47. The molecule has 0 aliphatic rings. The number of rotatable bonds is 3. The summed E-state index contributed by atoms with van der Waals surface area (Å²) in [6.45, 7) is 0. The topological polar surface area (TPSA) is 111 Å². The van der Waals surface area contributed by atoms with Crippen LogP contribution in [-0.4, -0.2) is 26.0 Å². The number of hydrogen-bond acceptors (Lipinski definition) is 6. The second-order valence-corrected chi connectivity index (χ2v) is 4.25. The molecule has 0 aromatic carbocycles. The molecular formula is C10H5Cl2N5O3. The van der Waals surface area contributed by atoms with Gasteiger partial charge in [0.15, 0.2) is 11.0 Å². The van der Waals surface area contributed by atoms with Crippen molar-refractivity contribution in [2.75, 3.05) is 5.32 Å². The second kappa shape index (κ2) is 5.76. The SMILES string of the molecule is O=C(Nc1ccc(Cl)nn1)c1cc(Cl)ncc1[N+](=O)[O-]. The number of carbonyl (C=O) groups is 1. The maximum atomic E-state index is 12.0. The normalized spacial score (nSPS) is 10.1. The standard InChI is InChI=1S/C10H5Cl2N5O3/c11-7-1-2-9(16-15-7)14-10(18)5-3-8(12)13-4-6(5)17(19)20/h1-4H,(H,14,16,18). The lowest BCUT2D eigenvalue weighted by molar-refractivity contribution is -0.385. The van der Waals surface area contributed by atoms with E-state index in [1.165, 1.54) is 12.1 Å². The number of amides is 1. The van der Waals surface area contributed by atoms with Crippen LogP contribution < -0.4 is 5.32 Å². The lowest BCUT2D eigenvalue weighted by Crippen LogP contribution is -2.15. The molecule has 2 aromatic rings. The second-order valence-electron chi connectivity index (χ2n) is 3.48. The predicted octanol–water partition coefficient (Wildman–Crippen LogP) is 2.34. The van der Waals surface area contributed by atoms with Crippen LogP contribution in [0.25, 0.3) is 0 Å². The molecule has 0 atom stereocenters. The number of nitrogens with one attached hydrogen (secondary N) is 1. The van der Waals surface area contributed by atoms with Crippen molar-refractivity contribution in [3.63, 3.8) is 0 Å². The molecular weight excluding hydrogens is 309 g/mol. The summed E-state index contributed by atoms with van der Waals surface area (Å²) in [5, 5.41) is 20.4. The van der Waals surface area contributed by atoms with Gasteiger partial charge in [0.2, 0.25) is 0 Å². The maximum absolute atomic E-state index is 12.0. The summed E-state index contributed by atoms with van der Waals surface area (Å²) >= 11 is 11.2. The van der Waals surface area contributed by atoms with Gasteiger partial charge in [0.25, 0.3) is 11.6 Å². The van der Waals surface area contributed by atoms with Crippen LogP contribution in [0.4, 0.5) is 11.5 Å². The summed E-state index contributed by atoms with van der Waals surface area (Å²) in [6.07, 6.45) is 0.908. The lowest BCUT2D eigenvalue weighted by Gasteiger charge is -2.04. The quantitative estimate of drug-likeness (QED) is 0.529. The Balaban J connectivity index is 2.31. The monoisotopic (exact) mass is 313 g/mol. The molecule has 102 valence electrons. The van der Waals surface area contributed by atoms with Crippen LogP contribution in [-0.2, 0) is 0 Å². The van der Waals surface area contributed by atoms with Crippen molar-refractivity contribution in [3.05, 3.63) is 50.4 Å². The van der Waals surface area contributed by atoms with Crippen LogP contribution in [0.5, 0.6) is 0 Å². The average molecular weight is 314 g/mol. The van der Waals surface area contributed by atoms with Gasteiger partial charge in [-0.2, -0.15) is 0 Å². The Kier molecular flexibility index (Phi) is 4.06. The average Bonchev–Trinajstić information content (AvgIpc) is 2.41. The molecule has 0 saturated heterocycles. The van der Waals surface area contributed by atoms with E-state index in [9.17, 15) is 14.9 Å². The number of pyridine rings is 1. The molecule has 20 heavy (non-hydrogen) atoms. The van der Waals surface area contributed by atoms with Gasteiger partial charge in [0.1, 0.15) is 16.9 Å².